The summed E-state index contributed by atoms with van der Waals surface area (Å²) in [4.78, 5) is 27.6. The van der Waals surface area contributed by atoms with Gasteiger partial charge in [-0.2, -0.15) is 0 Å². The third-order valence-electron chi connectivity index (χ3n) is 5.18. The summed E-state index contributed by atoms with van der Waals surface area (Å²) in [5.74, 6) is 1.81. The number of rotatable bonds is 4. The molecule has 8 nitrogen and oxygen atoms in total. The highest BCUT2D eigenvalue weighted by molar-refractivity contribution is 7.12. The third kappa shape index (κ3) is 3.71. The molecule has 4 heterocycles. The number of hydrogen-bond acceptors (Lipinski definition) is 7. The zero-order valence-corrected chi connectivity index (χ0v) is 16.8. The van der Waals surface area contributed by atoms with Crippen LogP contribution in [0.2, 0.25) is 0 Å². The number of nitrogens with one attached hydrogen (secondary N) is 1. The quantitative estimate of drug-likeness (QED) is 0.840. The Morgan fingerprint density at radius 3 is 2.93 bits per heavy atom. The molecular formula is C19H23N3O5S. The Hall–Kier alpha value is -2.55. The van der Waals surface area contributed by atoms with Gasteiger partial charge in [-0.25, -0.2) is 0 Å². The highest BCUT2D eigenvalue weighted by Crippen LogP contribution is 2.39. The first kappa shape index (κ1) is 18.8. The van der Waals surface area contributed by atoms with Crippen LogP contribution in [0.4, 0.5) is 0 Å². The first-order valence-corrected chi connectivity index (χ1v) is 10.3. The Labute approximate surface area is 166 Å². The van der Waals surface area contributed by atoms with Crippen molar-refractivity contribution in [1.82, 2.24) is 15.4 Å². The summed E-state index contributed by atoms with van der Waals surface area (Å²) in [6.07, 6.45) is 1.72. The van der Waals surface area contributed by atoms with E-state index < -0.39 is 0 Å². The Balaban J connectivity index is 1.39. The van der Waals surface area contributed by atoms with Crippen LogP contribution in [0.25, 0.3) is 0 Å². The third-order valence-corrected chi connectivity index (χ3v) is 6.12. The van der Waals surface area contributed by atoms with Gasteiger partial charge in [-0.15, -0.1) is 11.3 Å². The number of aryl methyl sites for hydroxylation is 2. The van der Waals surface area contributed by atoms with Crippen LogP contribution in [0.15, 0.2) is 9.90 Å². The van der Waals surface area contributed by atoms with Crippen LogP contribution >= 0.6 is 11.3 Å². The summed E-state index contributed by atoms with van der Waals surface area (Å²) in [6.45, 7) is 5.74. The molecule has 0 saturated carbocycles. The number of thiophene rings is 1. The van der Waals surface area contributed by atoms with Crippen LogP contribution in [0, 0.1) is 13.8 Å². The first-order chi connectivity index (χ1) is 13.5. The topological polar surface area (TPSA) is 93.9 Å². The summed E-state index contributed by atoms with van der Waals surface area (Å²) in [7, 11) is 0. The Bertz CT molecular complexity index is 871. The standard InChI is InChI=1S/C19H23N3O5S/c1-11-14(12(2)27-21-11)9-22-6-5-13(3-4-16(22)23)20-19(24)18-17-15(10-28-18)25-7-8-26-17/h10,13H,3-9H2,1-2H3,(H,20,24). The highest BCUT2D eigenvalue weighted by atomic mass is 32.1. The van der Waals surface area contributed by atoms with Gasteiger partial charge >= 0.3 is 0 Å². The molecule has 1 N–H and O–H groups in total. The molecule has 2 aromatic heterocycles. The Kier molecular flexibility index (Phi) is 5.25. The molecule has 9 heteroatoms. The lowest BCUT2D eigenvalue weighted by Crippen LogP contribution is -2.36. The molecule has 2 aliphatic rings. The molecular weight excluding hydrogens is 382 g/mol. The van der Waals surface area contributed by atoms with E-state index in [2.05, 4.69) is 10.5 Å². The average Bonchev–Trinajstić information content (AvgIpc) is 3.21. The second-order valence-electron chi connectivity index (χ2n) is 7.07. The van der Waals surface area contributed by atoms with Crippen molar-refractivity contribution in [1.29, 1.82) is 0 Å². The molecule has 150 valence electrons. The lowest BCUT2D eigenvalue weighted by Gasteiger charge is -2.21. The minimum Gasteiger partial charge on any atom is -0.485 e. The summed E-state index contributed by atoms with van der Waals surface area (Å²) in [5.41, 5.74) is 1.77. The normalized spacial score (nSPS) is 19.4. The van der Waals surface area contributed by atoms with Gasteiger partial charge in [0.15, 0.2) is 11.5 Å². The minimum atomic E-state index is -0.173. The van der Waals surface area contributed by atoms with Crippen molar-refractivity contribution in [2.75, 3.05) is 19.8 Å². The van der Waals surface area contributed by atoms with Crippen LogP contribution in [-0.4, -0.2) is 47.7 Å². The first-order valence-electron chi connectivity index (χ1n) is 9.40. The van der Waals surface area contributed by atoms with E-state index in [0.717, 1.165) is 17.0 Å². The fraction of sp³-hybridized carbons (Fsp3) is 0.526. The van der Waals surface area contributed by atoms with E-state index in [1.54, 1.807) is 5.38 Å². The fourth-order valence-corrected chi connectivity index (χ4v) is 4.37. The number of ether oxygens (including phenoxy) is 2. The number of hydrogen-bond donors (Lipinski definition) is 1. The maximum atomic E-state index is 12.7. The van der Waals surface area contributed by atoms with Crippen molar-refractivity contribution in [3.63, 3.8) is 0 Å². The average molecular weight is 405 g/mol. The smallest absolute Gasteiger partial charge is 0.265 e. The van der Waals surface area contributed by atoms with Gasteiger partial charge in [0.05, 0.1) is 12.2 Å². The molecule has 0 aliphatic carbocycles. The number of carbonyl (C=O) groups excluding carboxylic acids is 2. The van der Waals surface area contributed by atoms with Gasteiger partial charge < -0.3 is 24.2 Å². The van der Waals surface area contributed by atoms with E-state index in [4.69, 9.17) is 14.0 Å². The second kappa shape index (κ2) is 7.83. The molecule has 2 amide bonds. The van der Waals surface area contributed by atoms with E-state index >= 15 is 0 Å². The van der Waals surface area contributed by atoms with Crippen molar-refractivity contribution >= 4 is 23.2 Å². The number of fused-ring (bicyclic) bond motifs is 1. The minimum absolute atomic E-state index is 0.0617. The molecule has 0 aromatic carbocycles. The number of carbonyl (C=O) groups is 2. The number of nitrogens with zero attached hydrogens (tertiary/aromatic N) is 2. The maximum absolute atomic E-state index is 12.7. The van der Waals surface area contributed by atoms with Crippen molar-refractivity contribution in [2.24, 2.45) is 0 Å². The van der Waals surface area contributed by atoms with Crippen molar-refractivity contribution < 1.29 is 23.6 Å². The van der Waals surface area contributed by atoms with E-state index in [1.165, 1.54) is 11.3 Å². The summed E-state index contributed by atoms with van der Waals surface area (Å²) < 4.78 is 16.3. The zero-order chi connectivity index (χ0) is 19.7. The molecule has 28 heavy (non-hydrogen) atoms. The Morgan fingerprint density at radius 2 is 2.14 bits per heavy atom. The molecule has 0 bridgehead atoms. The van der Waals surface area contributed by atoms with E-state index in [9.17, 15) is 9.59 Å². The second-order valence-corrected chi connectivity index (χ2v) is 7.95. The van der Waals surface area contributed by atoms with E-state index in [0.29, 0.717) is 61.9 Å². The van der Waals surface area contributed by atoms with Gasteiger partial charge in [-0.05, 0) is 26.7 Å². The number of aromatic nitrogens is 1. The van der Waals surface area contributed by atoms with Gasteiger partial charge in [-0.1, -0.05) is 5.16 Å². The van der Waals surface area contributed by atoms with Crippen LogP contribution in [0.3, 0.4) is 0 Å². The zero-order valence-electron chi connectivity index (χ0n) is 15.9. The van der Waals surface area contributed by atoms with Crippen LogP contribution in [-0.2, 0) is 11.3 Å². The van der Waals surface area contributed by atoms with Crippen LogP contribution in [0.1, 0.15) is 46.0 Å². The largest absolute Gasteiger partial charge is 0.485 e. The lowest BCUT2D eigenvalue weighted by molar-refractivity contribution is -0.131. The summed E-state index contributed by atoms with van der Waals surface area (Å²) >= 11 is 1.32. The van der Waals surface area contributed by atoms with Crippen molar-refractivity contribution in [3.8, 4) is 11.5 Å². The summed E-state index contributed by atoms with van der Waals surface area (Å²) in [5, 5.41) is 8.81. The molecule has 0 radical (unpaired) electrons. The van der Waals surface area contributed by atoms with Gasteiger partial charge in [0.25, 0.3) is 5.91 Å². The van der Waals surface area contributed by atoms with Crippen molar-refractivity contribution in [2.45, 2.75) is 45.7 Å². The molecule has 1 saturated heterocycles. The Morgan fingerprint density at radius 1 is 1.32 bits per heavy atom. The van der Waals surface area contributed by atoms with E-state index in [-0.39, 0.29) is 17.9 Å². The number of amides is 2. The lowest BCUT2D eigenvalue weighted by atomic mass is 10.1. The van der Waals surface area contributed by atoms with Gasteiger partial charge in [0.2, 0.25) is 5.91 Å². The molecule has 1 unspecified atom stereocenters. The number of likely N-dealkylation sites (tertiary alicyclic amines) is 1. The molecule has 1 fully saturated rings. The molecule has 4 rings (SSSR count). The SMILES string of the molecule is Cc1noc(C)c1CN1CCC(NC(=O)c2scc3c2OCCO3)CCC1=O. The van der Waals surface area contributed by atoms with Crippen molar-refractivity contribution in [3.05, 3.63) is 27.3 Å². The van der Waals surface area contributed by atoms with Crippen LogP contribution in [0.5, 0.6) is 11.5 Å². The fourth-order valence-electron chi connectivity index (χ4n) is 3.54. The molecule has 2 aliphatic heterocycles. The molecule has 1 atom stereocenters. The monoisotopic (exact) mass is 405 g/mol. The van der Waals surface area contributed by atoms with Crippen LogP contribution < -0.4 is 14.8 Å². The summed E-state index contributed by atoms with van der Waals surface area (Å²) in [6, 6.07) is -0.0617. The highest BCUT2D eigenvalue weighted by Gasteiger charge is 2.28. The molecule has 0 spiro atoms. The predicted octanol–water partition coefficient (Wildman–Crippen LogP) is 2.44. The van der Waals surface area contributed by atoms with Gasteiger partial charge in [0, 0.05) is 30.0 Å². The maximum Gasteiger partial charge on any atom is 0.265 e. The van der Waals surface area contributed by atoms with Gasteiger partial charge in [-0.3, -0.25) is 9.59 Å². The molecule has 2 aromatic rings. The van der Waals surface area contributed by atoms with Gasteiger partial charge in [0.1, 0.15) is 23.9 Å². The van der Waals surface area contributed by atoms with E-state index in [1.807, 2.05) is 18.7 Å². The predicted molar refractivity (Wildman–Crippen MR) is 102 cm³/mol.